The van der Waals surface area contributed by atoms with Crippen LogP contribution >= 0.6 is 0 Å². The van der Waals surface area contributed by atoms with Gasteiger partial charge in [-0.05, 0) is 37.1 Å². The number of carbonyl (C=O) groups excluding carboxylic acids is 1. The van der Waals surface area contributed by atoms with Crippen molar-refractivity contribution in [1.29, 1.82) is 5.26 Å². The van der Waals surface area contributed by atoms with Gasteiger partial charge >= 0.3 is 6.09 Å². The Morgan fingerprint density at radius 3 is 2.52 bits per heavy atom. The summed E-state index contributed by atoms with van der Waals surface area (Å²) in [5, 5.41) is 17.7. The molecule has 0 heterocycles. The summed E-state index contributed by atoms with van der Waals surface area (Å²) in [7, 11) is 0. The molecule has 21 heavy (non-hydrogen) atoms. The smallest absolute Gasteiger partial charge is 0.407 e. The maximum Gasteiger partial charge on any atom is 0.407 e. The summed E-state index contributed by atoms with van der Waals surface area (Å²) in [5.74, 6) is 0.650. The number of nitriles is 1. The number of carboxylic acid groups (broad SMARTS) is 1. The third-order valence-corrected chi connectivity index (χ3v) is 2.85. The third kappa shape index (κ3) is 6.43. The van der Waals surface area contributed by atoms with Crippen LogP contribution in [-0.2, 0) is 4.79 Å². The average Bonchev–Trinajstić information content (AvgIpc) is 2.50. The molecule has 0 aliphatic carbocycles. The van der Waals surface area contributed by atoms with E-state index in [9.17, 15) is 9.59 Å². The Morgan fingerprint density at radius 2 is 1.95 bits per heavy atom. The average molecular weight is 290 g/mol. The van der Waals surface area contributed by atoms with Crippen molar-refractivity contribution in [3.63, 3.8) is 0 Å². The molecule has 0 spiro atoms. The number of unbranched alkanes of at least 4 members (excludes halogenated alkanes) is 1. The molecule has 0 saturated carbocycles. The zero-order chi connectivity index (χ0) is 15.5. The van der Waals surface area contributed by atoms with Crippen molar-refractivity contribution in [1.82, 2.24) is 4.90 Å². The molecule has 1 rings (SSSR count). The summed E-state index contributed by atoms with van der Waals surface area (Å²) >= 11 is 0. The van der Waals surface area contributed by atoms with Crippen molar-refractivity contribution in [3.05, 3.63) is 29.8 Å². The summed E-state index contributed by atoms with van der Waals surface area (Å²) in [4.78, 5) is 22.5. The SMILES string of the molecule is N#Cc1ccc(OCCCN(CCCC=O)C(=O)O)cc1. The second-order valence-corrected chi connectivity index (χ2v) is 4.42. The molecule has 1 amide bonds. The molecule has 6 heteroatoms. The van der Waals surface area contributed by atoms with Crippen LogP contribution < -0.4 is 4.74 Å². The van der Waals surface area contributed by atoms with E-state index in [2.05, 4.69) is 0 Å². The molecule has 1 N–H and O–H groups in total. The molecule has 0 saturated heterocycles. The van der Waals surface area contributed by atoms with E-state index in [0.29, 0.717) is 50.3 Å². The standard InChI is InChI=1S/C15H18N2O4/c16-12-13-4-6-14(7-5-13)21-11-3-9-17(15(19)20)8-1-2-10-18/h4-7,10H,1-3,8-9,11H2,(H,19,20). The first-order valence-corrected chi connectivity index (χ1v) is 6.72. The second kappa shape index (κ2) is 9.37. The molecule has 1 aromatic carbocycles. The fourth-order valence-electron chi connectivity index (χ4n) is 1.74. The Hall–Kier alpha value is -2.55. The number of hydrogen-bond acceptors (Lipinski definition) is 4. The lowest BCUT2D eigenvalue weighted by atomic mass is 10.2. The highest BCUT2D eigenvalue weighted by Crippen LogP contribution is 2.11. The fourth-order valence-corrected chi connectivity index (χ4v) is 1.74. The van der Waals surface area contributed by atoms with Crippen LogP contribution in [0.25, 0.3) is 0 Å². The Bertz CT molecular complexity index is 493. The third-order valence-electron chi connectivity index (χ3n) is 2.85. The van der Waals surface area contributed by atoms with Gasteiger partial charge in [0, 0.05) is 19.5 Å². The number of aldehydes is 1. The number of nitrogens with zero attached hydrogens (tertiary/aromatic N) is 2. The quantitative estimate of drug-likeness (QED) is 0.556. The van der Waals surface area contributed by atoms with E-state index >= 15 is 0 Å². The minimum absolute atomic E-state index is 0.352. The Morgan fingerprint density at radius 1 is 1.29 bits per heavy atom. The van der Waals surface area contributed by atoms with Gasteiger partial charge in [-0.15, -0.1) is 0 Å². The first-order valence-electron chi connectivity index (χ1n) is 6.72. The highest BCUT2D eigenvalue weighted by molar-refractivity contribution is 5.64. The van der Waals surface area contributed by atoms with E-state index in [-0.39, 0.29) is 0 Å². The van der Waals surface area contributed by atoms with Crippen molar-refractivity contribution in [2.75, 3.05) is 19.7 Å². The van der Waals surface area contributed by atoms with Gasteiger partial charge < -0.3 is 19.5 Å². The molecule has 0 aliphatic heterocycles. The first-order chi connectivity index (χ1) is 10.2. The number of benzene rings is 1. The molecule has 6 nitrogen and oxygen atoms in total. The molecule has 1 aromatic rings. The van der Waals surface area contributed by atoms with Gasteiger partial charge in [-0.2, -0.15) is 5.26 Å². The van der Waals surface area contributed by atoms with Crippen molar-refractivity contribution in [2.24, 2.45) is 0 Å². The first kappa shape index (κ1) is 16.5. The highest BCUT2D eigenvalue weighted by atomic mass is 16.5. The van der Waals surface area contributed by atoms with Gasteiger partial charge in [-0.1, -0.05) is 0 Å². The van der Waals surface area contributed by atoms with Crippen LogP contribution in [0.15, 0.2) is 24.3 Å². The molecular formula is C15H18N2O4. The van der Waals surface area contributed by atoms with E-state index in [4.69, 9.17) is 15.1 Å². The van der Waals surface area contributed by atoms with E-state index in [1.54, 1.807) is 24.3 Å². The minimum atomic E-state index is -0.987. The predicted octanol–water partition coefficient (Wildman–Crippen LogP) is 2.29. The molecule has 112 valence electrons. The van der Waals surface area contributed by atoms with Crippen LogP contribution in [0.3, 0.4) is 0 Å². The van der Waals surface area contributed by atoms with Crippen molar-refractivity contribution in [2.45, 2.75) is 19.3 Å². The fraction of sp³-hybridized carbons (Fsp3) is 0.400. The van der Waals surface area contributed by atoms with Gasteiger partial charge in [0.2, 0.25) is 0 Å². The lowest BCUT2D eigenvalue weighted by Crippen LogP contribution is -2.32. The Kier molecular flexibility index (Phi) is 7.36. The van der Waals surface area contributed by atoms with Gasteiger partial charge in [0.05, 0.1) is 18.2 Å². The second-order valence-electron chi connectivity index (χ2n) is 4.42. The summed E-state index contributed by atoms with van der Waals surface area (Å²) in [6, 6.07) is 8.76. The van der Waals surface area contributed by atoms with Gasteiger partial charge in [-0.25, -0.2) is 4.79 Å². The maximum absolute atomic E-state index is 11.0. The lowest BCUT2D eigenvalue weighted by Gasteiger charge is -2.18. The number of carbonyl (C=O) groups is 2. The van der Waals surface area contributed by atoms with Crippen LogP contribution in [-0.4, -0.2) is 42.1 Å². The summed E-state index contributed by atoms with van der Waals surface area (Å²) < 4.78 is 5.48. The molecule has 0 fully saturated rings. The van der Waals surface area contributed by atoms with Gasteiger partial charge in [0.15, 0.2) is 0 Å². The van der Waals surface area contributed by atoms with Crippen molar-refractivity contribution in [3.8, 4) is 11.8 Å². The van der Waals surface area contributed by atoms with Crippen LogP contribution in [0.1, 0.15) is 24.8 Å². The van der Waals surface area contributed by atoms with E-state index in [1.165, 1.54) is 4.90 Å². The highest BCUT2D eigenvalue weighted by Gasteiger charge is 2.10. The molecule has 0 aliphatic rings. The molecule has 0 aromatic heterocycles. The Balaban J connectivity index is 2.28. The summed E-state index contributed by atoms with van der Waals surface area (Å²) in [5.41, 5.74) is 0.564. The molecule has 0 radical (unpaired) electrons. The van der Waals surface area contributed by atoms with Crippen molar-refractivity contribution < 1.29 is 19.4 Å². The van der Waals surface area contributed by atoms with Gasteiger partial charge in [0.1, 0.15) is 12.0 Å². The zero-order valence-corrected chi connectivity index (χ0v) is 11.7. The normalized spacial score (nSPS) is 9.67. The van der Waals surface area contributed by atoms with Crippen molar-refractivity contribution >= 4 is 12.4 Å². The van der Waals surface area contributed by atoms with Crippen LogP contribution in [0.5, 0.6) is 5.75 Å². The van der Waals surface area contributed by atoms with Crippen LogP contribution in [0, 0.1) is 11.3 Å². The zero-order valence-electron chi connectivity index (χ0n) is 11.7. The summed E-state index contributed by atoms with van der Waals surface area (Å²) in [6.07, 6.45) is 1.26. The van der Waals surface area contributed by atoms with Crippen LogP contribution in [0.2, 0.25) is 0 Å². The van der Waals surface area contributed by atoms with E-state index in [1.807, 2.05) is 6.07 Å². The minimum Gasteiger partial charge on any atom is -0.494 e. The molecular weight excluding hydrogens is 272 g/mol. The Labute approximate surface area is 123 Å². The van der Waals surface area contributed by atoms with Gasteiger partial charge in [0.25, 0.3) is 0 Å². The van der Waals surface area contributed by atoms with Gasteiger partial charge in [-0.3, -0.25) is 0 Å². The number of rotatable bonds is 9. The number of hydrogen-bond donors (Lipinski definition) is 1. The predicted molar refractivity (Wildman–Crippen MR) is 76.2 cm³/mol. The molecule has 0 bridgehead atoms. The number of ether oxygens (including phenoxy) is 1. The van der Waals surface area contributed by atoms with E-state index < -0.39 is 6.09 Å². The molecule has 0 unspecified atom stereocenters. The lowest BCUT2D eigenvalue weighted by molar-refractivity contribution is -0.108. The van der Waals surface area contributed by atoms with Crippen LogP contribution in [0.4, 0.5) is 4.79 Å². The largest absolute Gasteiger partial charge is 0.494 e. The monoisotopic (exact) mass is 290 g/mol. The van der Waals surface area contributed by atoms with E-state index in [0.717, 1.165) is 6.29 Å². The maximum atomic E-state index is 11.0. The number of amides is 1. The topological polar surface area (TPSA) is 90.6 Å². The summed E-state index contributed by atoms with van der Waals surface area (Å²) in [6.45, 7) is 1.11. The molecule has 0 atom stereocenters.